The summed E-state index contributed by atoms with van der Waals surface area (Å²) < 4.78 is 40.3. The summed E-state index contributed by atoms with van der Waals surface area (Å²) in [7, 11) is 0. The van der Waals surface area contributed by atoms with Gasteiger partial charge in [-0.05, 0) is 55.2 Å². The minimum Gasteiger partial charge on any atom is -0.406 e. The molecule has 0 aliphatic heterocycles. The van der Waals surface area contributed by atoms with E-state index < -0.39 is 6.36 Å². The minimum atomic E-state index is -4.75. The molecule has 0 saturated heterocycles. The standard InChI is InChI=1S/C21H21F3N2O3/c1-13(15-6-8-17(9-7-15)26-20(28)16-4-5-16)25-19(27)12-14-2-10-18(11-3-14)29-21(22,23)24/h2-3,6-11,13,16H,4-5,12H2,1H3,(H,25,27)(H,26,28). The van der Waals surface area contributed by atoms with Crippen molar-refractivity contribution in [2.45, 2.75) is 38.6 Å². The molecule has 1 saturated carbocycles. The first-order valence-electron chi connectivity index (χ1n) is 9.24. The van der Waals surface area contributed by atoms with E-state index in [1.165, 1.54) is 24.3 Å². The van der Waals surface area contributed by atoms with Gasteiger partial charge in [0.25, 0.3) is 0 Å². The Morgan fingerprint density at radius 1 is 1.07 bits per heavy atom. The van der Waals surface area contributed by atoms with Crippen LogP contribution in [-0.2, 0) is 16.0 Å². The summed E-state index contributed by atoms with van der Waals surface area (Å²) in [5, 5.41) is 5.70. The molecule has 2 aromatic rings. The Hall–Kier alpha value is -3.03. The summed E-state index contributed by atoms with van der Waals surface area (Å²) in [6.07, 6.45) is -2.84. The van der Waals surface area contributed by atoms with Gasteiger partial charge in [-0.25, -0.2) is 0 Å². The average molecular weight is 406 g/mol. The lowest BCUT2D eigenvalue weighted by atomic mass is 10.1. The molecule has 8 heteroatoms. The van der Waals surface area contributed by atoms with E-state index in [1.807, 2.05) is 19.1 Å². The highest BCUT2D eigenvalue weighted by Gasteiger charge is 2.31. The topological polar surface area (TPSA) is 67.4 Å². The average Bonchev–Trinajstić information content (AvgIpc) is 3.48. The molecule has 0 heterocycles. The Bertz CT molecular complexity index is 860. The fraction of sp³-hybridized carbons (Fsp3) is 0.333. The first-order valence-corrected chi connectivity index (χ1v) is 9.24. The van der Waals surface area contributed by atoms with Crippen molar-refractivity contribution < 1.29 is 27.5 Å². The number of hydrogen-bond acceptors (Lipinski definition) is 3. The smallest absolute Gasteiger partial charge is 0.406 e. The zero-order chi connectivity index (χ0) is 21.0. The Balaban J connectivity index is 1.50. The van der Waals surface area contributed by atoms with Crippen LogP contribution in [0.5, 0.6) is 5.75 Å². The fourth-order valence-corrected chi connectivity index (χ4v) is 2.82. The van der Waals surface area contributed by atoms with E-state index in [9.17, 15) is 22.8 Å². The Labute approximate surface area is 166 Å². The largest absolute Gasteiger partial charge is 0.573 e. The number of nitrogens with one attached hydrogen (secondary N) is 2. The van der Waals surface area contributed by atoms with Gasteiger partial charge in [0.1, 0.15) is 5.75 Å². The molecule has 0 spiro atoms. The van der Waals surface area contributed by atoms with Crippen LogP contribution >= 0.6 is 0 Å². The number of alkyl halides is 3. The second-order valence-corrected chi connectivity index (χ2v) is 7.04. The van der Waals surface area contributed by atoms with Gasteiger partial charge in [-0.1, -0.05) is 24.3 Å². The predicted molar refractivity (Wildman–Crippen MR) is 101 cm³/mol. The van der Waals surface area contributed by atoms with Gasteiger partial charge in [0, 0.05) is 11.6 Å². The molecule has 1 aliphatic carbocycles. The monoisotopic (exact) mass is 406 g/mol. The van der Waals surface area contributed by atoms with E-state index in [2.05, 4.69) is 15.4 Å². The van der Waals surface area contributed by atoms with E-state index in [-0.39, 0.29) is 35.9 Å². The van der Waals surface area contributed by atoms with Crippen molar-refractivity contribution in [2.75, 3.05) is 5.32 Å². The summed E-state index contributed by atoms with van der Waals surface area (Å²) >= 11 is 0. The van der Waals surface area contributed by atoms with Crippen LogP contribution in [0.4, 0.5) is 18.9 Å². The van der Waals surface area contributed by atoms with Crippen molar-refractivity contribution in [3.8, 4) is 5.75 Å². The molecule has 3 rings (SSSR count). The van der Waals surface area contributed by atoms with Gasteiger partial charge in [0.2, 0.25) is 11.8 Å². The number of ether oxygens (including phenoxy) is 1. The van der Waals surface area contributed by atoms with E-state index in [4.69, 9.17) is 0 Å². The highest BCUT2D eigenvalue weighted by atomic mass is 19.4. The molecule has 1 fully saturated rings. The van der Waals surface area contributed by atoms with Crippen LogP contribution in [0.25, 0.3) is 0 Å². The normalized spacial score (nSPS) is 14.8. The molecule has 2 amide bonds. The third kappa shape index (κ3) is 6.51. The summed E-state index contributed by atoms with van der Waals surface area (Å²) in [4.78, 5) is 24.0. The number of amides is 2. The lowest BCUT2D eigenvalue weighted by Gasteiger charge is -2.15. The predicted octanol–water partition coefficient (Wildman–Crippen LogP) is 4.35. The lowest BCUT2D eigenvalue weighted by Crippen LogP contribution is -2.28. The molecule has 1 unspecified atom stereocenters. The van der Waals surface area contributed by atoms with E-state index in [0.717, 1.165) is 18.4 Å². The van der Waals surface area contributed by atoms with E-state index >= 15 is 0 Å². The number of rotatable bonds is 7. The molecule has 0 bridgehead atoms. The molecular weight excluding hydrogens is 385 g/mol. The maximum absolute atomic E-state index is 12.2. The molecule has 5 nitrogen and oxygen atoms in total. The van der Waals surface area contributed by atoms with Crippen molar-refractivity contribution >= 4 is 17.5 Å². The van der Waals surface area contributed by atoms with E-state index in [1.54, 1.807) is 12.1 Å². The number of benzene rings is 2. The van der Waals surface area contributed by atoms with Gasteiger partial charge in [0.15, 0.2) is 0 Å². The third-order valence-electron chi connectivity index (χ3n) is 4.53. The van der Waals surface area contributed by atoms with Crippen molar-refractivity contribution in [1.82, 2.24) is 5.32 Å². The molecule has 2 aromatic carbocycles. The lowest BCUT2D eigenvalue weighted by molar-refractivity contribution is -0.274. The Morgan fingerprint density at radius 2 is 1.69 bits per heavy atom. The van der Waals surface area contributed by atoms with Crippen LogP contribution in [0.3, 0.4) is 0 Å². The number of halogens is 3. The summed E-state index contributed by atoms with van der Waals surface area (Å²) in [6.45, 7) is 1.83. The van der Waals surface area contributed by atoms with Crippen molar-refractivity contribution in [3.63, 3.8) is 0 Å². The van der Waals surface area contributed by atoms with Crippen LogP contribution < -0.4 is 15.4 Å². The highest BCUT2D eigenvalue weighted by molar-refractivity contribution is 5.94. The minimum absolute atomic E-state index is 0.0331. The molecular formula is C21H21F3N2O3. The second-order valence-electron chi connectivity index (χ2n) is 7.04. The number of carbonyl (C=O) groups excluding carboxylic acids is 2. The Morgan fingerprint density at radius 3 is 2.24 bits per heavy atom. The third-order valence-corrected chi connectivity index (χ3v) is 4.53. The summed E-state index contributed by atoms with van der Waals surface area (Å²) in [5.74, 6) is -0.426. The van der Waals surface area contributed by atoms with Gasteiger partial charge in [-0.2, -0.15) is 0 Å². The molecule has 0 aromatic heterocycles. The molecule has 0 radical (unpaired) electrons. The van der Waals surface area contributed by atoms with Gasteiger partial charge < -0.3 is 15.4 Å². The number of hydrogen-bond donors (Lipinski definition) is 2. The zero-order valence-corrected chi connectivity index (χ0v) is 15.8. The quantitative estimate of drug-likeness (QED) is 0.718. The molecule has 1 aliphatic rings. The van der Waals surface area contributed by atoms with Gasteiger partial charge in [-0.15, -0.1) is 13.2 Å². The Kier molecular flexibility index (Phi) is 6.10. The van der Waals surface area contributed by atoms with Gasteiger partial charge in [0.05, 0.1) is 12.5 Å². The van der Waals surface area contributed by atoms with Crippen LogP contribution in [-0.4, -0.2) is 18.2 Å². The molecule has 154 valence electrons. The van der Waals surface area contributed by atoms with Crippen molar-refractivity contribution in [3.05, 3.63) is 59.7 Å². The molecule has 1 atom stereocenters. The van der Waals surface area contributed by atoms with Crippen LogP contribution in [0.15, 0.2) is 48.5 Å². The summed E-state index contributed by atoms with van der Waals surface area (Å²) in [5.41, 5.74) is 2.16. The van der Waals surface area contributed by atoms with Gasteiger partial charge in [-0.3, -0.25) is 9.59 Å². The maximum atomic E-state index is 12.2. The van der Waals surface area contributed by atoms with Crippen LogP contribution in [0, 0.1) is 5.92 Å². The fourth-order valence-electron chi connectivity index (χ4n) is 2.82. The first kappa shape index (κ1) is 20.7. The SMILES string of the molecule is CC(NC(=O)Cc1ccc(OC(F)(F)F)cc1)c1ccc(NC(=O)C2CC2)cc1. The second kappa shape index (κ2) is 8.55. The highest BCUT2D eigenvalue weighted by Crippen LogP contribution is 2.30. The van der Waals surface area contributed by atoms with E-state index in [0.29, 0.717) is 11.3 Å². The van der Waals surface area contributed by atoms with Crippen LogP contribution in [0.1, 0.15) is 36.9 Å². The van der Waals surface area contributed by atoms with Gasteiger partial charge >= 0.3 is 6.36 Å². The molecule has 29 heavy (non-hydrogen) atoms. The first-order chi connectivity index (χ1) is 13.7. The molecule has 2 N–H and O–H groups in total. The number of carbonyl (C=O) groups is 2. The number of anilines is 1. The maximum Gasteiger partial charge on any atom is 0.573 e. The van der Waals surface area contributed by atoms with Crippen molar-refractivity contribution in [2.24, 2.45) is 5.92 Å². The van der Waals surface area contributed by atoms with Crippen LogP contribution in [0.2, 0.25) is 0 Å². The summed E-state index contributed by atoms with van der Waals surface area (Å²) in [6, 6.07) is 12.2. The zero-order valence-electron chi connectivity index (χ0n) is 15.8. The van der Waals surface area contributed by atoms with Crippen molar-refractivity contribution in [1.29, 1.82) is 0 Å².